The molecule has 0 aliphatic rings. The molecule has 3 rings (SSSR count). The lowest BCUT2D eigenvalue weighted by atomic mass is 10.0. The van der Waals surface area contributed by atoms with E-state index in [9.17, 15) is 4.79 Å². The molecule has 0 saturated carbocycles. The van der Waals surface area contributed by atoms with Crippen LogP contribution in [0.5, 0.6) is 5.75 Å². The molecule has 0 spiro atoms. The third-order valence-corrected chi connectivity index (χ3v) is 6.17. The van der Waals surface area contributed by atoms with Gasteiger partial charge in [0.1, 0.15) is 5.75 Å². The van der Waals surface area contributed by atoms with E-state index >= 15 is 0 Å². The molecule has 0 N–H and O–H groups in total. The van der Waals surface area contributed by atoms with Gasteiger partial charge in [-0.05, 0) is 60.2 Å². The first-order chi connectivity index (χ1) is 14.7. The average Bonchev–Trinajstić information content (AvgIpc) is 3.24. The monoisotopic (exact) mass is 418 g/mol. The van der Waals surface area contributed by atoms with Gasteiger partial charge in [0.05, 0.1) is 0 Å². The summed E-state index contributed by atoms with van der Waals surface area (Å²) in [5.41, 5.74) is 3.52. The maximum atomic E-state index is 11.8. The average molecular weight is 419 g/mol. The van der Waals surface area contributed by atoms with Gasteiger partial charge in [0.2, 0.25) is 0 Å². The molecule has 0 amide bonds. The molecule has 2 nitrogen and oxygen atoms in total. The Morgan fingerprint density at radius 3 is 2.17 bits per heavy atom. The topological polar surface area (TPSA) is 26.3 Å². The van der Waals surface area contributed by atoms with Crippen LogP contribution in [0, 0.1) is 0 Å². The van der Waals surface area contributed by atoms with Gasteiger partial charge < -0.3 is 4.74 Å². The van der Waals surface area contributed by atoms with Crippen LogP contribution in [0.2, 0.25) is 0 Å². The number of hydrogen-bond donors (Lipinski definition) is 0. The van der Waals surface area contributed by atoms with E-state index in [0.29, 0.717) is 5.75 Å². The van der Waals surface area contributed by atoms with E-state index in [0.717, 1.165) is 24.0 Å². The smallest absolute Gasteiger partial charge is 0.335 e. The Morgan fingerprint density at radius 2 is 1.50 bits per heavy atom. The summed E-state index contributed by atoms with van der Waals surface area (Å²) in [7, 11) is 0. The van der Waals surface area contributed by atoms with Gasteiger partial charge in [-0.2, -0.15) is 0 Å². The van der Waals surface area contributed by atoms with Gasteiger partial charge in [0.15, 0.2) is 0 Å². The number of allylic oxidation sites excluding steroid dienone is 1. The fourth-order valence-corrected chi connectivity index (χ4v) is 4.31. The summed E-state index contributed by atoms with van der Waals surface area (Å²) in [5.74, 6) is 0.237. The van der Waals surface area contributed by atoms with Crippen molar-refractivity contribution in [1.82, 2.24) is 0 Å². The Bertz CT molecular complexity index is 949. The third kappa shape index (κ3) is 6.43. The Hall–Kier alpha value is -2.65. The van der Waals surface area contributed by atoms with Crippen LogP contribution in [0.25, 0.3) is 21.6 Å². The highest BCUT2D eigenvalue weighted by Crippen LogP contribution is 2.31. The number of hydrogen-bond acceptors (Lipinski definition) is 3. The van der Waals surface area contributed by atoms with Crippen molar-refractivity contribution in [1.29, 1.82) is 0 Å². The van der Waals surface area contributed by atoms with Gasteiger partial charge >= 0.3 is 5.97 Å². The summed E-state index contributed by atoms with van der Waals surface area (Å²) in [5, 5.41) is 0. The lowest BCUT2D eigenvalue weighted by molar-refractivity contribution is -0.129. The zero-order valence-corrected chi connectivity index (χ0v) is 18.7. The van der Waals surface area contributed by atoms with E-state index in [4.69, 9.17) is 4.74 Å². The Kier molecular flexibility index (Phi) is 8.46. The number of rotatable bonds is 10. The van der Waals surface area contributed by atoms with E-state index in [2.05, 4.69) is 50.2 Å². The van der Waals surface area contributed by atoms with Gasteiger partial charge in [-0.15, -0.1) is 11.3 Å². The molecule has 3 heteroatoms. The maximum Gasteiger partial charge on any atom is 0.335 e. The Labute approximate surface area is 184 Å². The molecule has 0 fully saturated rings. The summed E-state index contributed by atoms with van der Waals surface area (Å²) in [6, 6.07) is 20.8. The molecule has 30 heavy (non-hydrogen) atoms. The van der Waals surface area contributed by atoms with Crippen LogP contribution in [0.3, 0.4) is 0 Å². The summed E-state index contributed by atoms with van der Waals surface area (Å²) in [6.07, 6.45) is 10.3. The molecule has 3 aromatic rings. The SMILES string of the molecule is CCC/C=C/C(=O)Oc1ccc(-c2ccc(-c3ccc(CCCCC)s3)cc2)cc1. The van der Waals surface area contributed by atoms with Crippen LogP contribution in [0.15, 0.2) is 72.8 Å². The zero-order valence-electron chi connectivity index (χ0n) is 17.9. The molecule has 156 valence electrons. The number of thiophene rings is 1. The first kappa shape index (κ1) is 22.0. The molecule has 0 saturated heterocycles. The van der Waals surface area contributed by atoms with E-state index in [-0.39, 0.29) is 5.97 Å². The van der Waals surface area contributed by atoms with Crippen molar-refractivity contribution in [2.75, 3.05) is 0 Å². The highest BCUT2D eigenvalue weighted by molar-refractivity contribution is 7.15. The first-order valence-corrected chi connectivity index (χ1v) is 11.7. The molecule has 0 aliphatic heterocycles. The van der Waals surface area contributed by atoms with Crippen LogP contribution in [-0.4, -0.2) is 5.97 Å². The van der Waals surface area contributed by atoms with Gasteiger partial charge in [-0.3, -0.25) is 0 Å². The molecule has 0 aliphatic carbocycles. The first-order valence-electron chi connectivity index (χ1n) is 10.9. The number of benzene rings is 2. The van der Waals surface area contributed by atoms with Gasteiger partial charge in [-0.1, -0.05) is 75.6 Å². The van der Waals surface area contributed by atoms with Crippen molar-refractivity contribution in [3.05, 3.63) is 77.7 Å². The number of carbonyl (C=O) groups excluding carboxylic acids is 1. The fourth-order valence-electron chi connectivity index (χ4n) is 3.26. The van der Waals surface area contributed by atoms with Crippen molar-refractivity contribution in [2.45, 2.75) is 52.4 Å². The van der Waals surface area contributed by atoms with Crippen LogP contribution in [0.4, 0.5) is 0 Å². The molecular weight excluding hydrogens is 388 g/mol. The predicted molar refractivity (Wildman–Crippen MR) is 128 cm³/mol. The quantitative estimate of drug-likeness (QED) is 0.144. The highest BCUT2D eigenvalue weighted by Gasteiger charge is 2.05. The normalized spacial score (nSPS) is 11.1. The second-order valence-electron chi connectivity index (χ2n) is 7.44. The molecule has 1 aromatic heterocycles. The Balaban J connectivity index is 1.61. The van der Waals surface area contributed by atoms with E-state index in [1.807, 2.05) is 41.7 Å². The maximum absolute atomic E-state index is 11.8. The minimum Gasteiger partial charge on any atom is -0.423 e. The minimum absolute atomic E-state index is 0.328. The van der Waals surface area contributed by atoms with Crippen molar-refractivity contribution in [3.8, 4) is 27.3 Å². The molecule has 2 aromatic carbocycles. The van der Waals surface area contributed by atoms with Crippen molar-refractivity contribution >= 4 is 17.3 Å². The third-order valence-electron chi connectivity index (χ3n) is 4.97. The van der Waals surface area contributed by atoms with Crippen LogP contribution < -0.4 is 4.74 Å². The predicted octanol–water partition coefficient (Wildman–Crippen LogP) is 8.08. The number of unbranched alkanes of at least 4 members (excludes halogenated alkanes) is 3. The highest BCUT2D eigenvalue weighted by atomic mass is 32.1. The fraction of sp³-hybridized carbons (Fsp3) is 0.296. The molecule has 0 bridgehead atoms. The second kappa shape index (κ2) is 11.5. The zero-order chi connectivity index (χ0) is 21.2. The lowest BCUT2D eigenvalue weighted by Gasteiger charge is -2.06. The van der Waals surface area contributed by atoms with Crippen molar-refractivity contribution in [2.24, 2.45) is 0 Å². The minimum atomic E-state index is -0.328. The van der Waals surface area contributed by atoms with Crippen LogP contribution in [-0.2, 0) is 11.2 Å². The van der Waals surface area contributed by atoms with Gasteiger partial charge in [0.25, 0.3) is 0 Å². The van der Waals surface area contributed by atoms with Crippen LogP contribution >= 0.6 is 11.3 Å². The van der Waals surface area contributed by atoms with Crippen molar-refractivity contribution in [3.63, 3.8) is 0 Å². The number of carbonyl (C=O) groups is 1. The van der Waals surface area contributed by atoms with Crippen LogP contribution in [0.1, 0.15) is 50.8 Å². The summed E-state index contributed by atoms with van der Waals surface area (Å²) in [4.78, 5) is 14.6. The van der Waals surface area contributed by atoms with E-state index in [1.54, 1.807) is 0 Å². The van der Waals surface area contributed by atoms with E-state index in [1.165, 1.54) is 47.1 Å². The van der Waals surface area contributed by atoms with Crippen molar-refractivity contribution < 1.29 is 9.53 Å². The second-order valence-corrected chi connectivity index (χ2v) is 8.61. The molecule has 0 unspecified atom stereocenters. The number of ether oxygens (including phenoxy) is 1. The largest absolute Gasteiger partial charge is 0.423 e. The molecular formula is C27H30O2S. The van der Waals surface area contributed by atoms with E-state index < -0.39 is 0 Å². The summed E-state index contributed by atoms with van der Waals surface area (Å²) >= 11 is 1.90. The summed E-state index contributed by atoms with van der Waals surface area (Å²) in [6.45, 7) is 4.32. The van der Waals surface area contributed by atoms with Gasteiger partial charge in [0, 0.05) is 15.8 Å². The molecule has 0 atom stereocenters. The van der Waals surface area contributed by atoms with Gasteiger partial charge in [-0.25, -0.2) is 4.79 Å². The molecule has 1 heterocycles. The number of esters is 1. The number of aryl methyl sites for hydroxylation is 1. The summed E-state index contributed by atoms with van der Waals surface area (Å²) < 4.78 is 5.34. The lowest BCUT2D eigenvalue weighted by Crippen LogP contribution is -2.03. The Morgan fingerprint density at radius 1 is 0.833 bits per heavy atom. The standard InChI is InChI=1S/C27H30O2S/c1-3-5-7-9-25-19-20-26(30-25)23-13-11-21(12-14-23)22-15-17-24(18-16-22)29-27(28)10-8-6-4-2/h8,10-20H,3-7,9H2,1-2H3/b10-8+. The molecule has 0 radical (unpaired) electrons.